The van der Waals surface area contributed by atoms with E-state index in [2.05, 4.69) is 10.6 Å². The molecule has 2 rings (SSSR count). The molecule has 0 unspecified atom stereocenters. The number of alkyl carbamates (subject to hydrolysis) is 1. The van der Waals surface area contributed by atoms with E-state index in [1.165, 1.54) is 0 Å². The molecule has 0 saturated carbocycles. The predicted molar refractivity (Wildman–Crippen MR) is 74.7 cm³/mol. The fourth-order valence-electron chi connectivity index (χ4n) is 1.49. The van der Waals surface area contributed by atoms with Crippen LogP contribution in [0.3, 0.4) is 0 Å². The van der Waals surface area contributed by atoms with Crippen molar-refractivity contribution in [2.75, 3.05) is 19.6 Å². The molecule has 0 radical (unpaired) electrons. The van der Waals surface area contributed by atoms with Gasteiger partial charge < -0.3 is 20.5 Å². The molecule has 1 fully saturated rings. The summed E-state index contributed by atoms with van der Waals surface area (Å²) in [4.78, 5) is 20.2. The van der Waals surface area contributed by atoms with Crippen molar-refractivity contribution in [3.63, 3.8) is 0 Å². The normalized spacial score (nSPS) is 14.0. The van der Waals surface area contributed by atoms with E-state index < -0.39 is 12.1 Å². The first-order chi connectivity index (χ1) is 10.8. The lowest BCUT2D eigenvalue weighted by atomic mass is 10.0. The fourth-order valence-corrected chi connectivity index (χ4v) is 1.49. The number of nitrogens with one attached hydrogen (secondary N) is 2. The van der Waals surface area contributed by atoms with Crippen LogP contribution in [-0.2, 0) is 16.1 Å². The third-order valence-electron chi connectivity index (χ3n) is 2.86. The Morgan fingerprint density at radius 1 is 1.26 bits per heavy atom. The SMILES string of the molecule is O=C(NCC1CNC1)OCc1ccccc1.O=C(O)C(F)(F)F. The molecule has 128 valence electrons. The first-order valence-corrected chi connectivity index (χ1v) is 6.74. The van der Waals surface area contributed by atoms with Crippen LogP contribution in [0.1, 0.15) is 5.56 Å². The van der Waals surface area contributed by atoms with Gasteiger partial charge in [0, 0.05) is 25.6 Å². The number of amides is 1. The van der Waals surface area contributed by atoms with Crippen LogP contribution in [0.2, 0.25) is 0 Å². The standard InChI is InChI=1S/C12H16N2O2.C2HF3O2/c15-12(14-8-11-6-13-7-11)16-9-10-4-2-1-3-5-10;3-2(4,5)1(6)7/h1-5,11,13H,6-9H2,(H,14,15);(H,6,7). The van der Waals surface area contributed by atoms with Gasteiger partial charge in [-0.05, 0) is 5.56 Å². The van der Waals surface area contributed by atoms with Crippen LogP contribution in [0.5, 0.6) is 0 Å². The minimum atomic E-state index is -5.08. The Balaban J connectivity index is 0.000000322. The van der Waals surface area contributed by atoms with E-state index in [0.29, 0.717) is 19.1 Å². The van der Waals surface area contributed by atoms with Crippen molar-refractivity contribution in [3.05, 3.63) is 35.9 Å². The summed E-state index contributed by atoms with van der Waals surface area (Å²) in [6, 6.07) is 9.66. The number of carbonyl (C=O) groups excluding carboxylic acids is 1. The number of carboxylic acid groups (broad SMARTS) is 1. The topological polar surface area (TPSA) is 87.7 Å². The Kier molecular flexibility index (Phi) is 7.33. The Morgan fingerprint density at radius 2 is 1.83 bits per heavy atom. The largest absolute Gasteiger partial charge is 0.490 e. The summed E-state index contributed by atoms with van der Waals surface area (Å²) < 4.78 is 36.8. The van der Waals surface area contributed by atoms with Crippen molar-refractivity contribution in [2.24, 2.45) is 5.92 Å². The lowest BCUT2D eigenvalue weighted by molar-refractivity contribution is -0.192. The van der Waals surface area contributed by atoms with Gasteiger partial charge in [0.2, 0.25) is 0 Å². The highest BCUT2D eigenvalue weighted by Crippen LogP contribution is 2.13. The number of ether oxygens (including phenoxy) is 1. The molecule has 6 nitrogen and oxygen atoms in total. The van der Waals surface area contributed by atoms with Gasteiger partial charge in [-0.3, -0.25) is 0 Å². The number of aliphatic carboxylic acids is 1. The molecule has 1 aliphatic heterocycles. The smallest absolute Gasteiger partial charge is 0.475 e. The van der Waals surface area contributed by atoms with E-state index in [9.17, 15) is 18.0 Å². The molecule has 0 aromatic heterocycles. The second-order valence-corrected chi connectivity index (χ2v) is 4.77. The molecule has 9 heteroatoms. The summed E-state index contributed by atoms with van der Waals surface area (Å²) in [5, 5.41) is 13.0. The number of halogens is 3. The van der Waals surface area contributed by atoms with Gasteiger partial charge in [-0.1, -0.05) is 30.3 Å². The average Bonchev–Trinajstić information content (AvgIpc) is 2.44. The van der Waals surface area contributed by atoms with Crippen LogP contribution >= 0.6 is 0 Å². The number of carbonyl (C=O) groups is 2. The minimum Gasteiger partial charge on any atom is -0.475 e. The van der Waals surface area contributed by atoms with Crippen molar-refractivity contribution < 1.29 is 32.6 Å². The molecule has 23 heavy (non-hydrogen) atoms. The number of benzene rings is 1. The van der Waals surface area contributed by atoms with Crippen LogP contribution in [0.15, 0.2) is 30.3 Å². The molecule has 0 atom stereocenters. The molecule has 1 aromatic rings. The molecule has 1 amide bonds. The van der Waals surface area contributed by atoms with Crippen LogP contribution < -0.4 is 10.6 Å². The fraction of sp³-hybridized carbons (Fsp3) is 0.429. The van der Waals surface area contributed by atoms with Crippen molar-refractivity contribution in [3.8, 4) is 0 Å². The molecule has 1 aliphatic rings. The summed E-state index contributed by atoms with van der Waals surface area (Å²) in [5.41, 5.74) is 1.00. The summed E-state index contributed by atoms with van der Waals surface area (Å²) in [5.74, 6) is -2.20. The maximum absolute atomic E-state index is 11.3. The zero-order chi connectivity index (χ0) is 17.3. The number of rotatable bonds is 4. The molecular weight excluding hydrogens is 317 g/mol. The van der Waals surface area contributed by atoms with Gasteiger partial charge in [0.05, 0.1) is 0 Å². The van der Waals surface area contributed by atoms with Gasteiger partial charge in [-0.15, -0.1) is 0 Å². The highest BCUT2D eigenvalue weighted by Gasteiger charge is 2.38. The summed E-state index contributed by atoms with van der Waals surface area (Å²) in [6.07, 6.45) is -5.42. The monoisotopic (exact) mass is 334 g/mol. The maximum Gasteiger partial charge on any atom is 0.490 e. The van der Waals surface area contributed by atoms with Crippen LogP contribution in [0.25, 0.3) is 0 Å². The molecule has 1 heterocycles. The van der Waals surface area contributed by atoms with Crippen LogP contribution in [0.4, 0.5) is 18.0 Å². The minimum absolute atomic E-state index is 0.329. The zero-order valence-corrected chi connectivity index (χ0v) is 12.1. The van der Waals surface area contributed by atoms with Crippen molar-refractivity contribution in [1.29, 1.82) is 0 Å². The van der Waals surface area contributed by atoms with Gasteiger partial charge >= 0.3 is 18.2 Å². The quantitative estimate of drug-likeness (QED) is 0.781. The second kappa shape index (κ2) is 8.99. The molecule has 0 spiro atoms. The highest BCUT2D eigenvalue weighted by molar-refractivity contribution is 5.73. The highest BCUT2D eigenvalue weighted by atomic mass is 19.4. The summed E-state index contributed by atoms with van der Waals surface area (Å²) >= 11 is 0. The maximum atomic E-state index is 11.3. The van der Waals surface area contributed by atoms with Crippen molar-refractivity contribution in [2.45, 2.75) is 12.8 Å². The van der Waals surface area contributed by atoms with E-state index in [0.717, 1.165) is 18.7 Å². The third-order valence-corrected chi connectivity index (χ3v) is 2.86. The molecule has 0 aliphatic carbocycles. The molecule has 1 aromatic carbocycles. The van der Waals surface area contributed by atoms with Crippen LogP contribution in [0, 0.1) is 5.92 Å². The Morgan fingerprint density at radius 3 is 2.26 bits per heavy atom. The van der Waals surface area contributed by atoms with Gasteiger partial charge in [-0.25, -0.2) is 9.59 Å². The molecule has 0 bridgehead atoms. The number of hydrogen-bond donors (Lipinski definition) is 3. The van der Waals surface area contributed by atoms with E-state index in [4.69, 9.17) is 14.6 Å². The number of hydrogen-bond acceptors (Lipinski definition) is 4. The first-order valence-electron chi connectivity index (χ1n) is 6.74. The lowest BCUT2D eigenvalue weighted by Crippen LogP contribution is -2.48. The summed E-state index contributed by atoms with van der Waals surface area (Å²) in [7, 11) is 0. The Bertz CT molecular complexity index is 504. The first kappa shape index (κ1) is 18.8. The van der Waals surface area contributed by atoms with Crippen molar-refractivity contribution >= 4 is 12.1 Å². The number of alkyl halides is 3. The molecule has 3 N–H and O–H groups in total. The van der Waals surface area contributed by atoms with Gasteiger partial charge in [-0.2, -0.15) is 13.2 Å². The van der Waals surface area contributed by atoms with Crippen molar-refractivity contribution in [1.82, 2.24) is 10.6 Å². The lowest BCUT2D eigenvalue weighted by Gasteiger charge is -2.26. The van der Waals surface area contributed by atoms with E-state index >= 15 is 0 Å². The van der Waals surface area contributed by atoms with Crippen LogP contribution in [-0.4, -0.2) is 43.0 Å². The zero-order valence-electron chi connectivity index (χ0n) is 12.1. The van der Waals surface area contributed by atoms with E-state index in [-0.39, 0.29) is 6.09 Å². The number of carboxylic acids is 1. The Labute approximate surface area is 130 Å². The molecular formula is C14H17F3N2O4. The van der Waals surface area contributed by atoms with Gasteiger partial charge in [0.1, 0.15) is 6.61 Å². The van der Waals surface area contributed by atoms with Gasteiger partial charge in [0.25, 0.3) is 0 Å². The van der Waals surface area contributed by atoms with E-state index in [1.807, 2.05) is 30.3 Å². The van der Waals surface area contributed by atoms with E-state index in [1.54, 1.807) is 0 Å². The third kappa shape index (κ3) is 8.05. The second-order valence-electron chi connectivity index (χ2n) is 4.77. The van der Waals surface area contributed by atoms with Gasteiger partial charge in [0.15, 0.2) is 0 Å². The average molecular weight is 334 g/mol. The predicted octanol–water partition coefficient (Wildman–Crippen LogP) is 1.77. The summed E-state index contributed by atoms with van der Waals surface area (Å²) in [6.45, 7) is 2.99. The Hall–Kier alpha value is -2.29. The molecule has 1 saturated heterocycles.